The van der Waals surface area contributed by atoms with Gasteiger partial charge in [-0.15, -0.1) is 0 Å². The molecule has 3 aliphatic carbocycles. The number of fused-ring (bicyclic) bond motifs is 6. The molecule has 1 heteroatoms. The van der Waals surface area contributed by atoms with Crippen molar-refractivity contribution in [1.82, 2.24) is 0 Å². The van der Waals surface area contributed by atoms with Crippen molar-refractivity contribution in [3.8, 4) is 44.5 Å². The lowest BCUT2D eigenvalue weighted by atomic mass is 9.68. The van der Waals surface area contributed by atoms with Gasteiger partial charge in [-0.2, -0.15) is 0 Å². The van der Waals surface area contributed by atoms with E-state index in [1.54, 1.807) is 0 Å². The Kier molecular flexibility index (Phi) is 9.64. The third-order valence-electron chi connectivity index (χ3n) is 15.6. The highest BCUT2D eigenvalue weighted by Gasteiger charge is 2.46. The monoisotopic (exact) mass is 857 g/mol. The van der Waals surface area contributed by atoms with Crippen LogP contribution in [0.4, 0.5) is 17.1 Å². The number of anilines is 3. The highest BCUT2D eigenvalue weighted by molar-refractivity contribution is 6.07. The third-order valence-corrected chi connectivity index (χ3v) is 15.6. The van der Waals surface area contributed by atoms with Crippen molar-refractivity contribution in [2.45, 2.75) is 37.0 Å². The van der Waals surface area contributed by atoms with Crippen LogP contribution < -0.4 is 4.90 Å². The second-order valence-corrected chi connectivity index (χ2v) is 19.2. The summed E-state index contributed by atoms with van der Waals surface area (Å²) < 4.78 is 0. The molecular formula is C66H51N. The Hall–Kier alpha value is -7.74. The van der Waals surface area contributed by atoms with Gasteiger partial charge < -0.3 is 4.90 Å². The number of rotatable bonds is 9. The van der Waals surface area contributed by atoms with Crippen LogP contribution in [0.5, 0.6) is 0 Å². The first-order valence-corrected chi connectivity index (χ1v) is 24.2. The summed E-state index contributed by atoms with van der Waals surface area (Å²) in [6.45, 7) is 0. The maximum atomic E-state index is 2.46. The van der Waals surface area contributed by atoms with Gasteiger partial charge in [0.15, 0.2) is 0 Å². The fraction of sp³-hybridized carbons (Fsp3) is 0.121. The predicted molar refractivity (Wildman–Crippen MR) is 280 cm³/mol. The molecule has 67 heavy (non-hydrogen) atoms. The van der Waals surface area contributed by atoms with Crippen molar-refractivity contribution in [3.05, 3.63) is 270 Å². The van der Waals surface area contributed by atoms with Crippen LogP contribution in [0.15, 0.2) is 243 Å². The quantitative estimate of drug-likeness (QED) is 0.140. The van der Waals surface area contributed by atoms with Crippen molar-refractivity contribution in [2.24, 2.45) is 11.8 Å². The van der Waals surface area contributed by atoms with Crippen molar-refractivity contribution in [2.75, 3.05) is 4.90 Å². The van der Waals surface area contributed by atoms with Gasteiger partial charge in [0.25, 0.3) is 0 Å². The molecule has 10 aromatic carbocycles. The summed E-state index contributed by atoms with van der Waals surface area (Å²) in [6.07, 6.45) is 5.65. The molecule has 320 valence electrons. The minimum absolute atomic E-state index is 0.461. The lowest BCUT2D eigenvalue weighted by molar-refractivity contribution is 0.420. The highest BCUT2D eigenvalue weighted by atomic mass is 15.1. The maximum absolute atomic E-state index is 2.46. The molecule has 3 unspecified atom stereocenters. The Balaban J connectivity index is 0.964. The van der Waals surface area contributed by atoms with Crippen molar-refractivity contribution >= 4 is 27.8 Å². The summed E-state index contributed by atoms with van der Waals surface area (Å²) in [6, 6.07) is 90.6. The van der Waals surface area contributed by atoms with Gasteiger partial charge in [-0.25, -0.2) is 0 Å². The molecular weight excluding hydrogens is 807 g/mol. The number of hydrogen-bond acceptors (Lipinski definition) is 1. The smallest absolute Gasteiger partial charge is 0.0713 e. The molecule has 0 N–H and O–H groups in total. The van der Waals surface area contributed by atoms with E-state index >= 15 is 0 Å². The Bertz CT molecular complexity index is 3360. The molecule has 0 aliphatic heterocycles. The molecule has 0 amide bonds. The van der Waals surface area contributed by atoms with Crippen LogP contribution in [0.25, 0.3) is 55.3 Å². The van der Waals surface area contributed by atoms with E-state index in [9.17, 15) is 0 Å². The normalized spacial score (nSPS) is 17.6. The van der Waals surface area contributed by atoms with E-state index in [1.807, 2.05) is 0 Å². The number of benzene rings is 10. The topological polar surface area (TPSA) is 3.24 Å². The van der Waals surface area contributed by atoms with Crippen molar-refractivity contribution in [3.63, 3.8) is 0 Å². The summed E-state index contributed by atoms with van der Waals surface area (Å²) in [7, 11) is 0. The second-order valence-electron chi connectivity index (χ2n) is 19.2. The first kappa shape index (κ1) is 39.6. The fourth-order valence-electron chi connectivity index (χ4n) is 12.7. The van der Waals surface area contributed by atoms with Gasteiger partial charge >= 0.3 is 0 Å². The number of nitrogens with zero attached hydrogens (tertiary/aromatic N) is 1. The van der Waals surface area contributed by atoms with Crippen LogP contribution in [0, 0.1) is 11.8 Å². The van der Waals surface area contributed by atoms with Gasteiger partial charge in [0, 0.05) is 17.1 Å². The Morgan fingerprint density at radius 3 is 1.58 bits per heavy atom. The SMILES string of the molecule is c1ccc(-c2cccc3cccc(-c4cccc(N(c5ccc(-c6ccc(C7CC8CCC7C8)cc6)cc5)c5ccc6c(c5)-c5ccccc5C6(c5ccccc5)c5ccccc5)c4)c23)cc1. The minimum Gasteiger partial charge on any atom is -0.310 e. The summed E-state index contributed by atoms with van der Waals surface area (Å²) >= 11 is 0. The predicted octanol–water partition coefficient (Wildman–Crippen LogP) is 17.6. The summed E-state index contributed by atoms with van der Waals surface area (Å²) in [5.74, 6) is 2.57. The van der Waals surface area contributed by atoms with Crippen LogP contribution in [0.3, 0.4) is 0 Å². The van der Waals surface area contributed by atoms with Gasteiger partial charge in [0.05, 0.1) is 5.41 Å². The van der Waals surface area contributed by atoms with Gasteiger partial charge in [-0.3, -0.25) is 0 Å². The van der Waals surface area contributed by atoms with Crippen LogP contribution in [0.2, 0.25) is 0 Å². The Morgan fingerprint density at radius 2 is 0.910 bits per heavy atom. The average Bonchev–Trinajstić information content (AvgIpc) is 4.13. The Morgan fingerprint density at radius 1 is 0.358 bits per heavy atom. The Labute approximate surface area is 394 Å². The van der Waals surface area contributed by atoms with Crippen molar-refractivity contribution < 1.29 is 0 Å². The van der Waals surface area contributed by atoms with Gasteiger partial charge in [0.1, 0.15) is 0 Å². The van der Waals surface area contributed by atoms with E-state index < -0.39 is 5.41 Å². The lowest BCUT2D eigenvalue weighted by Crippen LogP contribution is -2.28. The lowest BCUT2D eigenvalue weighted by Gasteiger charge is -2.34. The first-order chi connectivity index (χ1) is 33.2. The molecule has 3 atom stereocenters. The highest BCUT2D eigenvalue weighted by Crippen LogP contribution is 2.57. The minimum atomic E-state index is -0.461. The van der Waals surface area contributed by atoms with Crippen LogP contribution in [0.1, 0.15) is 59.4 Å². The fourth-order valence-corrected chi connectivity index (χ4v) is 12.7. The third kappa shape index (κ3) is 6.59. The van der Waals surface area contributed by atoms with Crippen LogP contribution in [-0.2, 0) is 5.41 Å². The molecule has 0 aromatic heterocycles. The summed E-state index contributed by atoms with van der Waals surface area (Å²) in [5.41, 5.74) is 19.5. The van der Waals surface area contributed by atoms with E-state index in [1.165, 1.54) is 109 Å². The molecule has 10 aromatic rings. The summed E-state index contributed by atoms with van der Waals surface area (Å²) in [4.78, 5) is 2.46. The molecule has 2 fully saturated rings. The van der Waals surface area contributed by atoms with Gasteiger partial charge in [-0.1, -0.05) is 213 Å². The van der Waals surface area contributed by atoms with Gasteiger partial charge in [-0.05, 0) is 157 Å². The first-order valence-electron chi connectivity index (χ1n) is 24.2. The van der Waals surface area contributed by atoms with E-state index in [-0.39, 0.29) is 0 Å². The van der Waals surface area contributed by atoms with Crippen molar-refractivity contribution in [1.29, 1.82) is 0 Å². The molecule has 13 rings (SSSR count). The second kappa shape index (κ2) is 16.3. The zero-order valence-electron chi connectivity index (χ0n) is 37.6. The van der Waals surface area contributed by atoms with E-state index in [2.05, 4.69) is 248 Å². The molecule has 2 saturated carbocycles. The number of hydrogen-bond donors (Lipinski definition) is 0. The van der Waals surface area contributed by atoms with Crippen LogP contribution in [-0.4, -0.2) is 0 Å². The molecule has 3 aliphatic rings. The van der Waals surface area contributed by atoms with Gasteiger partial charge in [0.2, 0.25) is 0 Å². The molecule has 0 radical (unpaired) electrons. The standard InChI is InChI=1S/C66H51N/c1-4-15-48(16-5-1)58-26-13-17-50-18-14-27-59(65(50)58)51-19-12-24-56(43-51)67(55-37-35-47(36-38-55)46-31-33-49(34-32-46)61-42-45-29-30-52(61)41-45)57-39-40-64-62(44-57)60-25-10-11-28-63(60)66(64,53-20-6-2-7-21-53)54-22-8-3-9-23-54/h1-28,31-40,43-45,52,61H,29-30,41-42H2. The largest absolute Gasteiger partial charge is 0.310 e. The maximum Gasteiger partial charge on any atom is 0.0713 e. The van der Waals surface area contributed by atoms with E-state index in [4.69, 9.17) is 0 Å². The zero-order valence-corrected chi connectivity index (χ0v) is 37.6. The zero-order chi connectivity index (χ0) is 44.3. The molecule has 0 saturated heterocycles. The van der Waals surface area contributed by atoms with E-state index in [0.29, 0.717) is 0 Å². The molecule has 0 heterocycles. The molecule has 0 spiro atoms. The molecule has 2 bridgehead atoms. The van der Waals surface area contributed by atoms with E-state index in [0.717, 1.165) is 34.8 Å². The average molecular weight is 858 g/mol. The molecule has 1 nitrogen and oxygen atoms in total. The van der Waals surface area contributed by atoms with Crippen LogP contribution >= 0.6 is 0 Å². The summed E-state index contributed by atoms with van der Waals surface area (Å²) in [5, 5.41) is 2.50.